The molecule has 9 heteroatoms. The number of halogens is 1. The van der Waals surface area contributed by atoms with Crippen molar-refractivity contribution in [3.05, 3.63) is 23.0 Å². The van der Waals surface area contributed by atoms with E-state index in [-0.39, 0.29) is 0 Å². The van der Waals surface area contributed by atoms with E-state index in [9.17, 15) is 18.3 Å². The Morgan fingerprint density at radius 1 is 1.26 bits per heavy atom. The summed E-state index contributed by atoms with van der Waals surface area (Å²) >= 11 is 0. The fourth-order valence-corrected chi connectivity index (χ4v) is 5.15. The molecule has 0 radical (unpaired) electrons. The van der Waals surface area contributed by atoms with Gasteiger partial charge in [0.05, 0.1) is 0 Å². The number of rotatable bonds is 5. The van der Waals surface area contributed by atoms with Crippen LogP contribution in [0.5, 0.6) is 5.75 Å². The van der Waals surface area contributed by atoms with E-state index in [0.29, 0.717) is 34.8 Å². The van der Waals surface area contributed by atoms with Gasteiger partial charge in [-0.3, -0.25) is 4.79 Å². The first kappa shape index (κ1) is 18.5. The molecule has 2 fully saturated rings. The molecule has 27 heavy (non-hydrogen) atoms. The summed E-state index contributed by atoms with van der Waals surface area (Å²) in [5.41, 5.74) is 0.700. The van der Waals surface area contributed by atoms with Gasteiger partial charge >= 0.3 is 10.2 Å². The third kappa shape index (κ3) is 3.75. The monoisotopic (exact) mass is 397 g/mol. The number of amides is 1. The fraction of sp³-hybridized carbons (Fsp3) is 0.611. The summed E-state index contributed by atoms with van der Waals surface area (Å²) in [6, 6.07) is 1.44. The molecule has 2 N–H and O–H groups in total. The van der Waals surface area contributed by atoms with E-state index >= 15 is 4.39 Å². The van der Waals surface area contributed by atoms with Crippen LogP contribution in [0.1, 0.15) is 36.8 Å². The van der Waals surface area contributed by atoms with Crippen molar-refractivity contribution in [2.24, 2.45) is 5.92 Å². The molecule has 7 nitrogen and oxygen atoms in total. The summed E-state index contributed by atoms with van der Waals surface area (Å²) in [4.78, 5) is 13.8. The summed E-state index contributed by atoms with van der Waals surface area (Å²) in [7, 11) is -4.17. The number of carbonyl (C=O) groups is 1. The number of fused-ring (bicyclic) bond motifs is 1. The summed E-state index contributed by atoms with van der Waals surface area (Å²) in [6.45, 7) is 1.93. The normalized spacial score (nSPS) is 22.4. The number of benzene rings is 1. The lowest BCUT2D eigenvalue weighted by Crippen LogP contribution is -2.30. The Hall–Kier alpha value is -1.87. The number of hydrogen-bond acceptors (Lipinski definition) is 5. The minimum Gasteiger partial charge on any atom is -0.506 e. The number of phenolic OH excluding ortho intramolecular Hbond substituents is 1. The molecule has 1 aliphatic carbocycles. The highest BCUT2D eigenvalue weighted by Crippen LogP contribution is 2.38. The van der Waals surface area contributed by atoms with E-state index in [0.717, 1.165) is 25.4 Å². The molecule has 148 valence electrons. The van der Waals surface area contributed by atoms with Crippen molar-refractivity contribution in [2.75, 3.05) is 30.5 Å². The summed E-state index contributed by atoms with van der Waals surface area (Å²) in [5, 5.41) is 10.3. The molecule has 0 spiro atoms. The van der Waals surface area contributed by atoms with E-state index in [1.165, 1.54) is 25.3 Å². The molecule has 0 unspecified atom stereocenters. The average molecular weight is 397 g/mol. The van der Waals surface area contributed by atoms with E-state index in [1.54, 1.807) is 4.72 Å². The van der Waals surface area contributed by atoms with Gasteiger partial charge in [-0.2, -0.15) is 8.42 Å². The van der Waals surface area contributed by atoms with Crippen LogP contribution >= 0.6 is 0 Å². The highest BCUT2D eigenvalue weighted by atomic mass is 32.2. The van der Waals surface area contributed by atoms with Gasteiger partial charge in [-0.1, -0.05) is 12.8 Å². The van der Waals surface area contributed by atoms with Gasteiger partial charge in [-0.05, 0) is 55.3 Å². The SMILES string of the molecule is O=C1CN(c2c(O)cc3c(c2F)CCN(CCCC2CC2)CC3)S(=O)(=O)N1. The molecule has 1 aromatic carbocycles. The third-order valence-electron chi connectivity index (χ3n) is 5.64. The van der Waals surface area contributed by atoms with Crippen LogP contribution in [-0.4, -0.2) is 50.5 Å². The zero-order chi connectivity index (χ0) is 19.2. The maximum Gasteiger partial charge on any atom is 0.326 e. The van der Waals surface area contributed by atoms with Crippen LogP contribution in [-0.2, 0) is 27.8 Å². The van der Waals surface area contributed by atoms with Gasteiger partial charge in [-0.25, -0.2) is 13.4 Å². The number of anilines is 1. The average Bonchev–Trinajstić information content (AvgIpc) is 3.38. The Labute approximate surface area is 158 Å². The highest BCUT2D eigenvalue weighted by Gasteiger charge is 2.38. The van der Waals surface area contributed by atoms with Crippen LogP contribution in [0.3, 0.4) is 0 Å². The second-order valence-electron chi connectivity index (χ2n) is 7.66. The van der Waals surface area contributed by atoms with Crippen molar-refractivity contribution in [1.82, 2.24) is 9.62 Å². The second-order valence-corrected chi connectivity index (χ2v) is 9.26. The van der Waals surface area contributed by atoms with Gasteiger partial charge in [0.15, 0.2) is 5.82 Å². The van der Waals surface area contributed by atoms with E-state index in [4.69, 9.17) is 0 Å². The Kier molecular flexibility index (Phi) is 4.75. The van der Waals surface area contributed by atoms with Crippen LogP contribution in [0.15, 0.2) is 6.07 Å². The number of hydrogen-bond donors (Lipinski definition) is 2. The Bertz CT molecular complexity index is 870. The lowest BCUT2D eigenvalue weighted by atomic mass is 10.0. The molecule has 2 aliphatic heterocycles. The van der Waals surface area contributed by atoms with Crippen LogP contribution in [0.4, 0.5) is 10.1 Å². The van der Waals surface area contributed by atoms with Crippen LogP contribution < -0.4 is 9.03 Å². The number of phenols is 1. The Balaban J connectivity index is 1.55. The van der Waals surface area contributed by atoms with Crippen LogP contribution in [0.2, 0.25) is 0 Å². The zero-order valence-corrected chi connectivity index (χ0v) is 15.9. The molecule has 3 aliphatic rings. The maximum atomic E-state index is 15.2. The van der Waals surface area contributed by atoms with Gasteiger partial charge < -0.3 is 10.0 Å². The molecule has 1 aromatic rings. The molecule has 1 saturated heterocycles. The predicted molar refractivity (Wildman–Crippen MR) is 98.3 cm³/mol. The van der Waals surface area contributed by atoms with Crippen molar-refractivity contribution >= 4 is 21.8 Å². The van der Waals surface area contributed by atoms with E-state index in [1.807, 2.05) is 0 Å². The summed E-state index contributed by atoms with van der Waals surface area (Å²) in [5.74, 6) is -1.05. The topological polar surface area (TPSA) is 90.0 Å². The largest absolute Gasteiger partial charge is 0.506 e. The van der Waals surface area contributed by atoms with Crippen LogP contribution in [0.25, 0.3) is 0 Å². The predicted octanol–water partition coefficient (Wildman–Crippen LogP) is 1.30. The smallest absolute Gasteiger partial charge is 0.326 e. The zero-order valence-electron chi connectivity index (χ0n) is 15.1. The van der Waals surface area contributed by atoms with Gasteiger partial charge in [0.1, 0.15) is 18.0 Å². The number of nitrogens with one attached hydrogen (secondary N) is 1. The first-order chi connectivity index (χ1) is 12.8. The maximum absolute atomic E-state index is 15.2. The number of aromatic hydroxyl groups is 1. The molecule has 0 aromatic heterocycles. The molecule has 0 atom stereocenters. The Morgan fingerprint density at radius 2 is 2.00 bits per heavy atom. The van der Waals surface area contributed by atoms with Crippen molar-refractivity contribution in [1.29, 1.82) is 0 Å². The highest BCUT2D eigenvalue weighted by molar-refractivity contribution is 7.92. The minimum atomic E-state index is -4.17. The molecular weight excluding hydrogens is 373 g/mol. The van der Waals surface area contributed by atoms with Crippen LogP contribution in [0, 0.1) is 11.7 Å². The summed E-state index contributed by atoms with van der Waals surface area (Å²) in [6.07, 6.45) is 6.13. The van der Waals surface area contributed by atoms with Crippen molar-refractivity contribution < 1.29 is 22.7 Å². The van der Waals surface area contributed by atoms with Crippen molar-refractivity contribution in [3.8, 4) is 5.75 Å². The van der Waals surface area contributed by atoms with Crippen molar-refractivity contribution in [2.45, 2.75) is 38.5 Å². The van der Waals surface area contributed by atoms with E-state index in [2.05, 4.69) is 4.90 Å². The second kappa shape index (κ2) is 6.94. The lowest BCUT2D eigenvalue weighted by molar-refractivity contribution is -0.117. The fourth-order valence-electron chi connectivity index (χ4n) is 3.99. The summed E-state index contributed by atoms with van der Waals surface area (Å²) < 4.78 is 41.7. The van der Waals surface area contributed by atoms with Crippen molar-refractivity contribution in [3.63, 3.8) is 0 Å². The van der Waals surface area contributed by atoms with Gasteiger partial charge in [0, 0.05) is 13.1 Å². The quantitative estimate of drug-likeness (QED) is 0.782. The molecule has 0 bridgehead atoms. The molecule has 1 saturated carbocycles. The standard InChI is InChI=1S/C18H24FN3O4S/c19-17-14-6-9-21(7-1-2-12-3-4-12)8-5-13(14)10-15(23)18(17)22-11-16(24)20-27(22,25)26/h10,12,23H,1-9,11H2,(H,20,24). The van der Waals surface area contributed by atoms with E-state index < -0.39 is 39.9 Å². The number of nitrogens with zero attached hydrogens (tertiary/aromatic N) is 2. The van der Waals surface area contributed by atoms with Gasteiger partial charge in [0.25, 0.3) is 5.91 Å². The third-order valence-corrected chi connectivity index (χ3v) is 7.02. The first-order valence-corrected chi connectivity index (χ1v) is 10.9. The molecule has 4 rings (SSSR count). The Morgan fingerprint density at radius 3 is 2.67 bits per heavy atom. The molecule has 1 amide bonds. The number of carbonyl (C=O) groups excluding carboxylic acids is 1. The van der Waals surface area contributed by atoms with Gasteiger partial charge in [0.2, 0.25) is 0 Å². The molecular formula is C18H24FN3O4S. The minimum absolute atomic E-state index is 0.432. The molecule has 2 heterocycles. The lowest BCUT2D eigenvalue weighted by Gasteiger charge is -2.20. The first-order valence-electron chi connectivity index (χ1n) is 9.44. The van der Waals surface area contributed by atoms with Gasteiger partial charge in [-0.15, -0.1) is 0 Å².